The maximum Gasteiger partial charge on any atom is 0.573 e. The molecule has 0 unspecified atom stereocenters. The number of aromatic nitrogens is 1. The van der Waals surface area contributed by atoms with Crippen molar-refractivity contribution >= 4 is 22.6 Å². The van der Waals surface area contributed by atoms with Crippen molar-refractivity contribution in [3.63, 3.8) is 0 Å². The molecule has 0 aliphatic rings. The van der Waals surface area contributed by atoms with Crippen LogP contribution < -0.4 is 10.5 Å². The maximum absolute atomic E-state index is 12.2. The van der Waals surface area contributed by atoms with Crippen molar-refractivity contribution in [1.82, 2.24) is 4.98 Å². The van der Waals surface area contributed by atoms with Crippen LogP contribution in [-0.4, -0.2) is 11.3 Å². The Balaban J connectivity index is 3.22. The lowest BCUT2D eigenvalue weighted by molar-refractivity contribution is -0.275. The zero-order valence-electron chi connectivity index (χ0n) is 8.38. The second-order valence-corrected chi connectivity index (χ2v) is 4.12. The van der Waals surface area contributed by atoms with E-state index in [4.69, 9.17) is 11.0 Å². The van der Waals surface area contributed by atoms with Crippen molar-refractivity contribution in [2.24, 2.45) is 5.73 Å². The highest BCUT2D eigenvalue weighted by Gasteiger charge is 2.33. The zero-order chi connectivity index (χ0) is 13.1. The summed E-state index contributed by atoms with van der Waals surface area (Å²) in [6, 6.07) is 3.13. The Kier molecular flexibility index (Phi) is 4.53. The molecule has 0 radical (unpaired) electrons. The van der Waals surface area contributed by atoms with Crippen LogP contribution in [0.4, 0.5) is 13.2 Å². The molecule has 0 aliphatic heterocycles. The van der Waals surface area contributed by atoms with E-state index in [1.165, 1.54) is 6.07 Å². The minimum Gasteiger partial charge on any atom is -0.403 e. The van der Waals surface area contributed by atoms with E-state index in [2.05, 4.69) is 9.72 Å². The summed E-state index contributed by atoms with van der Waals surface area (Å²) in [6.07, 6.45) is -5.08. The lowest BCUT2D eigenvalue weighted by atomic mass is 10.2. The molecule has 0 saturated heterocycles. The highest BCUT2D eigenvalue weighted by Crippen LogP contribution is 2.31. The largest absolute Gasteiger partial charge is 0.573 e. The second kappa shape index (κ2) is 5.50. The first-order chi connectivity index (χ1) is 7.87. The fourth-order valence-corrected chi connectivity index (χ4v) is 1.91. The highest BCUT2D eigenvalue weighted by atomic mass is 127. The van der Waals surface area contributed by atoms with Gasteiger partial charge in [-0.3, -0.25) is 4.98 Å². The molecule has 17 heavy (non-hydrogen) atoms. The van der Waals surface area contributed by atoms with Crippen molar-refractivity contribution in [1.29, 1.82) is 5.26 Å². The Labute approximate surface area is 109 Å². The molecule has 0 bridgehead atoms. The van der Waals surface area contributed by atoms with Gasteiger partial charge in [0, 0.05) is 6.54 Å². The molecule has 0 amide bonds. The number of alkyl halides is 3. The molecule has 8 heteroatoms. The molecule has 0 aromatic carbocycles. The standard InChI is InChI=1S/C9H7F3IN3O/c10-9(11,12)17-8-6(13)3-5(4-15)16-7(8)1-2-14/h3H,1,4,15H2. The third-order valence-electron chi connectivity index (χ3n) is 1.72. The topological polar surface area (TPSA) is 71.9 Å². The number of halogens is 4. The third-order valence-corrected chi connectivity index (χ3v) is 2.53. The van der Waals surface area contributed by atoms with Crippen LogP contribution in [0.25, 0.3) is 0 Å². The fourth-order valence-electron chi connectivity index (χ4n) is 1.13. The first-order valence-corrected chi connectivity index (χ1v) is 5.46. The van der Waals surface area contributed by atoms with Crippen LogP contribution in [0, 0.1) is 14.9 Å². The van der Waals surface area contributed by atoms with Crippen molar-refractivity contribution in [2.45, 2.75) is 19.3 Å². The zero-order valence-corrected chi connectivity index (χ0v) is 10.5. The predicted octanol–water partition coefficient (Wildman–Crippen LogP) is 2.11. The number of rotatable bonds is 3. The molecule has 0 aliphatic carbocycles. The van der Waals surface area contributed by atoms with Crippen LogP contribution in [-0.2, 0) is 13.0 Å². The van der Waals surface area contributed by atoms with E-state index in [9.17, 15) is 13.2 Å². The van der Waals surface area contributed by atoms with Gasteiger partial charge in [0.25, 0.3) is 0 Å². The summed E-state index contributed by atoms with van der Waals surface area (Å²) < 4.78 is 40.6. The minimum atomic E-state index is -4.81. The number of hydrogen-bond donors (Lipinski definition) is 1. The van der Waals surface area contributed by atoms with E-state index in [0.717, 1.165) is 0 Å². The first-order valence-electron chi connectivity index (χ1n) is 4.38. The van der Waals surface area contributed by atoms with Crippen molar-refractivity contribution < 1.29 is 17.9 Å². The van der Waals surface area contributed by atoms with Crippen LogP contribution in [0.3, 0.4) is 0 Å². The lowest BCUT2D eigenvalue weighted by Gasteiger charge is -2.14. The van der Waals surface area contributed by atoms with E-state index >= 15 is 0 Å². The Bertz CT molecular complexity index is 456. The lowest BCUT2D eigenvalue weighted by Crippen LogP contribution is -2.20. The highest BCUT2D eigenvalue weighted by molar-refractivity contribution is 14.1. The van der Waals surface area contributed by atoms with Crippen molar-refractivity contribution in [3.8, 4) is 11.8 Å². The Morgan fingerprint density at radius 2 is 2.18 bits per heavy atom. The summed E-state index contributed by atoms with van der Waals surface area (Å²) >= 11 is 1.68. The van der Waals surface area contributed by atoms with E-state index in [0.29, 0.717) is 5.69 Å². The van der Waals surface area contributed by atoms with Gasteiger partial charge in [0.15, 0.2) is 5.75 Å². The normalized spacial score (nSPS) is 11.1. The van der Waals surface area contributed by atoms with Crippen molar-refractivity contribution in [2.75, 3.05) is 0 Å². The van der Waals surface area contributed by atoms with Gasteiger partial charge in [0.1, 0.15) is 0 Å². The molecule has 0 fully saturated rings. The average Bonchev–Trinajstić information content (AvgIpc) is 2.21. The van der Waals surface area contributed by atoms with E-state index in [1.807, 2.05) is 0 Å². The van der Waals surface area contributed by atoms with Gasteiger partial charge in [-0.05, 0) is 28.7 Å². The van der Waals surface area contributed by atoms with Crippen LogP contribution >= 0.6 is 22.6 Å². The maximum atomic E-state index is 12.2. The molecular formula is C9H7F3IN3O. The van der Waals surface area contributed by atoms with Gasteiger partial charge >= 0.3 is 6.36 Å². The van der Waals surface area contributed by atoms with Crippen LogP contribution in [0.2, 0.25) is 0 Å². The van der Waals surface area contributed by atoms with Crippen LogP contribution in [0.1, 0.15) is 11.4 Å². The molecule has 1 rings (SSSR count). The van der Waals surface area contributed by atoms with Gasteiger partial charge in [-0.2, -0.15) is 5.26 Å². The number of nitrogens with two attached hydrogens (primary N) is 1. The fraction of sp³-hybridized carbons (Fsp3) is 0.333. The molecule has 0 saturated carbocycles. The quantitative estimate of drug-likeness (QED) is 0.842. The average molecular weight is 357 g/mol. The van der Waals surface area contributed by atoms with Crippen molar-refractivity contribution in [3.05, 3.63) is 21.0 Å². The van der Waals surface area contributed by atoms with Crippen LogP contribution in [0.15, 0.2) is 6.07 Å². The molecule has 4 nitrogen and oxygen atoms in total. The molecular weight excluding hydrogens is 350 g/mol. The molecule has 0 spiro atoms. The van der Waals surface area contributed by atoms with E-state index in [-0.39, 0.29) is 22.2 Å². The third kappa shape index (κ3) is 4.01. The molecule has 1 aromatic rings. The molecule has 0 atom stereocenters. The summed E-state index contributed by atoms with van der Waals surface area (Å²) in [5.41, 5.74) is 5.70. The van der Waals surface area contributed by atoms with Gasteiger partial charge in [-0.15, -0.1) is 13.2 Å². The van der Waals surface area contributed by atoms with E-state index in [1.54, 1.807) is 28.7 Å². The summed E-state index contributed by atoms with van der Waals surface area (Å²) in [7, 11) is 0. The molecule has 2 N–H and O–H groups in total. The van der Waals surface area contributed by atoms with Gasteiger partial charge in [-0.25, -0.2) is 0 Å². The predicted molar refractivity (Wildman–Crippen MR) is 60.8 cm³/mol. The summed E-state index contributed by atoms with van der Waals surface area (Å²) in [5.74, 6) is -0.433. The second-order valence-electron chi connectivity index (χ2n) is 2.96. The molecule has 1 aromatic heterocycles. The SMILES string of the molecule is N#CCc1nc(CN)cc(I)c1OC(F)(F)F. The Morgan fingerprint density at radius 3 is 2.65 bits per heavy atom. The summed E-state index contributed by atoms with van der Waals surface area (Å²) in [5, 5.41) is 8.54. The summed E-state index contributed by atoms with van der Waals surface area (Å²) in [6.45, 7) is 0.0841. The summed E-state index contributed by atoms with van der Waals surface area (Å²) in [4.78, 5) is 3.85. The number of nitrogens with zero attached hydrogens (tertiary/aromatic N) is 2. The molecule has 1 heterocycles. The first kappa shape index (κ1) is 14.0. The number of hydrogen-bond acceptors (Lipinski definition) is 4. The van der Waals surface area contributed by atoms with Crippen LogP contribution in [0.5, 0.6) is 5.75 Å². The van der Waals surface area contributed by atoms with Gasteiger partial charge in [0.05, 0.1) is 27.4 Å². The Morgan fingerprint density at radius 1 is 1.53 bits per heavy atom. The minimum absolute atomic E-state index is 0.0582. The smallest absolute Gasteiger partial charge is 0.403 e. The van der Waals surface area contributed by atoms with E-state index < -0.39 is 12.1 Å². The number of nitriles is 1. The number of pyridine rings is 1. The molecule has 92 valence electrons. The Hall–Kier alpha value is -1.08. The monoisotopic (exact) mass is 357 g/mol. The van der Waals surface area contributed by atoms with Gasteiger partial charge < -0.3 is 10.5 Å². The number of ether oxygens (including phenoxy) is 1. The van der Waals surface area contributed by atoms with Gasteiger partial charge in [-0.1, -0.05) is 0 Å². The van der Waals surface area contributed by atoms with Gasteiger partial charge in [0.2, 0.25) is 0 Å².